The van der Waals surface area contributed by atoms with Crippen molar-refractivity contribution in [3.8, 4) is 0 Å². The van der Waals surface area contributed by atoms with Gasteiger partial charge in [-0.15, -0.1) is 0 Å². The van der Waals surface area contributed by atoms with E-state index in [0.29, 0.717) is 11.3 Å². The maximum absolute atomic E-state index is 11.4. The van der Waals surface area contributed by atoms with Crippen molar-refractivity contribution in [2.45, 2.75) is 41.6 Å². The highest BCUT2D eigenvalue weighted by molar-refractivity contribution is 7.97. The first-order chi connectivity index (χ1) is 10.3. The molecule has 2 rings (SSSR count). The van der Waals surface area contributed by atoms with E-state index >= 15 is 0 Å². The molecule has 1 aromatic carbocycles. The minimum atomic E-state index is -3.86. The normalized spacial score (nSPS) is 17.6. The summed E-state index contributed by atoms with van der Waals surface area (Å²) in [6, 6.07) is 2.97. The molecular weight excluding hydrogens is 350 g/mol. The van der Waals surface area contributed by atoms with Gasteiger partial charge < -0.3 is 10.4 Å². The average molecular weight is 366 g/mol. The Morgan fingerprint density at radius 3 is 2.77 bits per heavy atom. The molecule has 0 amide bonds. The molecule has 1 heterocycles. The summed E-state index contributed by atoms with van der Waals surface area (Å²) < 4.78 is 26.0. The molecule has 1 aliphatic heterocycles. The number of anilines is 1. The van der Waals surface area contributed by atoms with Gasteiger partial charge in [0.1, 0.15) is 4.90 Å². The SMILES string of the molecule is NS(=O)(=O)c1cc2c(cc1Cl)NC(CCCCC(=O)O)NS2. The van der Waals surface area contributed by atoms with E-state index < -0.39 is 16.0 Å². The van der Waals surface area contributed by atoms with Crippen LogP contribution < -0.4 is 15.2 Å². The summed E-state index contributed by atoms with van der Waals surface area (Å²) in [7, 11) is -3.86. The first kappa shape index (κ1) is 17.4. The van der Waals surface area contributed by atoms with Gasteiger partial charge in [0.15, 0.2) is 0 Å². The highest BCUT2D eigenvalue weighted by Gasteiger charge is 2.22. The number of nitrogens with two attached hydrogens (primary N) is 1. The predicted molar refractivity (Wildman–Crippen MR) is 85.3 cm³/mol. The number of primary sulfonamides is 1. The van der Waals surface area contributed by atoms with E-state index in [-0.39, 0.29) is 22.5 Å². The second-order valence-electron chi connectivity index (χ2n) is 4.88. The van der Waals surface area contributed by atoms with Crippen molar-refractivity contribution in [3.05, 3.63) is 17.2 Å². The average Bonchev–Trinajstić information content (AvgIpc) is 2.41. The minimum absolute atomic E-state index is 0.0392. The molecule has 0 spiro atoms. The molecule has 0 radical (unpaired) electrons. The number of carboxylic acid groups (broad SMARTS) is 1. The van der Waals surface area contributed by atoms with Gasteiger partial charge in [0, 0.05) is 11.3 Å². The first-order valence-corrected chi connectivity index (χ1v) is 9.28. The standard InChI is InChI=1S/C12H16ClN3O4S2/c13-7-5-8-9(6-10(7)22(14,19)20)21-16-11(15-8)3-1-2-4-12(17)18/h5-6,11,15-16H,1-4H2,(H,17,18)(H2,14,19,20). The second-order valence-corrected chi connectivity index (χ2v) is 7.70. The molecule has 0 saturated heterocycles. The summed E-state index contributed by atoms with van der Waals surface area (Å²) in [5.41, 5.74) is 0.726. The molecule has 0 bridgehead atoms. The molecular formula is C12H16ClN3O4S2. The van der Waals surface area contributed by atoms with E-state index in [1.54, 1.807) is 0 Å². The third-order valence-corrected chi connectivity index (χ3v) is 5.45. The molecule has 1 aliphatic rings. The quantitative estimate of drug-likeness (QED) is 0.449. The number of hydrogen-bond acceptors (Lipinski definition) is 6. The Balaban J connectivity index is 2.02. The lowest BCUT2D eigenvalue weighted by molar-refractivity contribution is -0.137. The molecule has 1 aromatic rings. The summed E-state index contributed by atoms with van der Waals surface area (Å²) >= 11 is 7.25. The number of sulfonamides is 1. The van der Waals surface area contributed by atoms with Crippen molar-refractivity contribution in [2.24, 2.45) is 5.14 Å². The van der Waals surface area contributed by atoms with E-state index in [9.17, 15) is 13.2 Å². The Labute approximate surface area is 137 Å². The Morgan fingerprint density at radius 1 is 1.41 bits per heavy atom. The number of halogens is 1. The van der Waals surface area contributed by atoms with Crippen LogP contribution in [0.3, 0.4) is 0 Å². The fourth-order valence-electron chi connectivity index (χ4n) is 2.06. The van der Waals surface area contributed by atoms with Crippen molar-refractivity contribution < 1.29 is 18.3 Å². The van der Waals surface area contributed by atoms with Gasteiger partial charge in [0.2, 0.25) is 10.0 Å². The van der Waals surface area contributed by atoms with Gasteiger partial charge in [-0.2, -0.15) is 0 Å². The van der Waals surface area contributed by atoms with Crippen molar-refractivity contribution in [1.29, 1.82) is 0 Å². The van der Waals surface area contributed by atoms with Gasteiger partial charge in [-0.25, -0.2) is 18.3 Å². The molecule has 0 aromatic heterocycles. The van der Waals surface area contributed by atoms with Crippen LogP contribution >= 0.6 is 23.5 Å². The maximum atomic E-state index is 11.4. The van der Waals surface area contributed by atoms with Crippen molar-refractivity contribution in [2.75, 3.05) is 5.32 Å². The summed E-state index contributed by atoms with van der Waals surface area (Å²) in [4.78, 5) is 11.0. The van der Waals surface area contributed by atoms with E-state index in [4.69, 9.17) is 21.8 Å². The van der Waals surface area contributed by atoms with E-state index in [0.717, 1.165) is 18.5 Å². The Kier molecular flexibility index (Phi) is 5.56. The van der Waals surface area contributed by atoms with Gasteiger partial charge in [0.05, 0.1) is 16.9 Å². The molecule has 0 saturated carbocycles. The van der Waals surface area contributed by atoms with E-state index in [1.165, 1.54) is 24.1 Å². The molecule has 1 unspecified atom stereocenters. The number of nitrogens with one attached hydrogen (secondary N) is 2. The smallest absolute Gasteiger partial charge is 0.303 e. The maximum Gasteiger partial charge on any atom is 0.303 e. The van der Waals surface area contributed by atoms with Gasteiger partial charge in [0.25, 0.3) is 0 Å². The van der Waals surface area contributed by atoms with Gasteiger partial charge in [-0.05, 0) is 43.3 Å². The summed E-state index contributed by atoms with van der Waals surface area (Å²) in [5.74, 6) is -0.799. The number of rotatable bonds is 6. The topological polar surface area (TPSA) is 122 Å². The number of unbranched alkanes of at least 4 members (excludes halogenated alkanes) is 1. The molecule has 10 heteroatoms. The number of benzene rings is 1. The van der Waals surface area contributed by atoms with Crippen molar-refractivity contribution in [3.63, 3.8) is 0 Å². The van der Waals surface area contributed by atoms with Gasteiger partial charge in [-0.3, -0.25) is 4.79 Å². The fourth-order valence-corrected chi connectivity index (χ4v) is 4.08. The monoisotopic (exact) mass is 365 g/mol. The molecule has 22 heavy (non-hydrogen) atoms. The zero-order chi connectivity index (χ0) is 16.3. The number of aliphatic carboxylic acids is 1. The van der Waals surface area contributed by atoms with Gasteiger partial charge >= 0.3 is 5.97 Å². The first-order valence-electron chi connectivity index (χ1n) is 6.54. The Hall–Kier alpha value is -1.00. The van der Waals surface area contributed by atoms with Crippen LogP contribution in [-0.2, 0) is 14.8 Å². The van der Waals surface area contributed by atoms with E-state index in [1.807, 2.05) is 0 Å². The number of fused-ring (bicyclic) bond motifs is 1. The largest absolute Gasteiger partial charge is 0.481 e. The third kappa shape index (κ3) is 4.50. The summed E-state index contributed by atoms with van der Waals surface area (Å²) in [6.45, 7) is 0. The van der Waals surface area contributed by atoms with Crippen LogP contribution in [0, 0.1) is 0 Å². The Morgan fingerprint density at radius 2 is 2.14 bits per heavy atom. The number of hydrogen-bond donors (Lipinski definition) is 4. The van der Waals surface area contributed by atoms with Crippen LogP contribution in [0.1, 0.15) is 25.7 Å². The third-order valence-electron chi connectivity index (χ3n) is 3.11. The molecule has 1 atom stereocenters. The highest BCUT2D eigenvalue weighted by atomic mass is 35.5. The lowest BCUT2D eigenvalue weighted by Gasteiger charge is -2.28. The zero-order valence-electron chi connectivity index (χ0n) is 11.5. The summed E-state index contributed by atoms with van der Waals surface area (Å²) in [6.07, 6.45) is 2.23. The second kappa shape index (κ2) is 7.05. The van der Waals surface area contributed by atoms with Crippen molar-refractivity contribution >= 4 is 45.2 Å². The predicted octanol–water partition coefficient (Wildman–Crippen LogP) is 1.98. The number of carboxylic acids is 1. The number of carbonyl (C=O) groups is 1. The fraction of sp³-hybridized carbons (Fsp3) is 0.417. The van der Waals surface area contributed by atoms with Crippen LogP contribution in [0.5, 0.6) is 0 Å². The molecule has 122 valence electrons. The molecule has 0 aliphatic carbocycles. The molecule has 7 nitrogen and oxygen atoms in total. The molecule has 0 fully saturated rings. The minimum Gasteiger partial charge on any atom is -0.481 e. The lowest BCUT2D eigenvalue weighted by atomic mass is 10.1. The van der Waals surface area contributed by atoms with Crippen LogP contribution in [-0.4, -0.2) is 25.7 Å². The van der Waals surface area contributed by atoms with Gasteiger partial charge in [-0.1, -0.05) is 11.6 Å². The van der Waals surface area contributed by atoms with Crippen LogP contribution in [0.4, 0.5) is 5.69 Å². The van der Waals surface area contributed by atoms with E-state index in [2.05, 4.69) is 10.0 Å². The van der Waals surface area contributed by atoms with Crippen LogP contribution in [0.15, 0.2) is 21.9 Å². The summed E-state index contributed by atoms with van der Waals surface area (Å²) in [5, 5.41) is 17.0. The lowest BCUT2D eigenvalue weighted by Crippen LogP contribution is -2.35. The highest BCUT2D eigenvalue weighted by Crippen LogP contribution is 2.36. The zero-order valence-corrected chi connectivity index (χ0v) is 13.9. The molecule has 5 N–H and O–H groups in total. The van der Waals surface area contributed by atoms with Crippen LogP contribution in [0.25, 0.3) is 0 Å². The van der Waals surface area contributed by atoms with Crippen molar-refractivity contribution in [1.82, 2.24) is 4.72 Å². The Bertz CT molecular complexity index is 681. The van der Waals surface area contributed by atoms with Crippen LogP contribution in [0.2, 0.25) is 5.02 Å².